The molecule has 0 aliphatic carbocycles. The summed E-state index contributed by atoms with van der Waals surface area (Å²) in [7, 11) is 0. The van der Waals surface area contributed by atoms with E-state index in [2.05, 4.69) is 0 Å². The molecule has 0 radical (unpaired) electrons. The molecule has 0 bridgehead atoms. The van der Waals surface area contributed by atoms with Crippen LogP contribution in [0.1, 0.15) is 26.7 Å². The van der Waals surface area contributed by atoms with E-state index < -0.39 is 12.1 Å². The van der Waals surface area contributed by atoms with E-state index in [0.717, 1.165) is 0 Å². The number of carbonyl (C=O) groups is 1. The van der Waals surface area contributed by atoms with E-state index in [1.807, 2.05) is 0 Å². The van der Waals surface area contributed by atoms with Gasteiger partial charge in [-0.2, -0.15) is 0 Å². The Labute approximate surface area is 60.7 Å². The summed E-state index contributed by atoms with van der Waals surface area (Å²) in [6.07, 6.45) is 0.424. The van der Waals surface area contributed by atoms with E-state index in [4.69, 9.17) is 10.2 Å². The Kier molecular flexibility index (Phi) is 4.03. The second kappa shape index (κ2) is 4.28. The average Bonchev–Trinajstić information content (AvgIpc) is 1.81. The van der Waals surface area contributed by atoms with Crippen molar-refractivity contribution in [3.63, 3.8) is 0 Å². The van der Waals surface area contributed by atoms with Crippen molar-refractivity contribution in [1.82, 2.24) is 0 Å². The van der Waals surface area contributed by atoms with Crippen LogP contribution in [0.4, 0.5) is 0 Å². The summed E-state index contributed by atoms with van der Waals surface area (Å²) in [6, 6.07) is 0. The summed E-state index contributed by atoms with van der Waals surface area (Å²) in [5, 5.41) is 17.4. The molecule has 10 heavy (non-hydrogen) atoms. The van der Waals surface area contributed by atoms with Crippen LogP contribution < -0.4 is 0 Å². The summed E-state index contributed by atoms with van der Waals surface area (Å²) in [5.41, 5.74) is 0. The van der Waals surface area contributed by atoms with E-state index in [-0.39, 0.29) is 5.92 Å². The van der Waals surface area contributed by atoms with Crippen LogP contribution in [0.3, 0.4) is 0 Å². The van der Waals surface area contributed by atoms with Crippen molar-refractivity contribution >= 4 is 5.97 Å². The summed E-state index contributed by atoms with van der Waals surface area (Å²) >= 11 is 0. The fourth-order valence-corrected chi connectivity index (χ4v) is 0.854. The van der Waals surface area contributed by atoms with Gasteiger partial charge in [0.2, 0.25) is 0 Å². The molecule has 3 heteroatoms. The molecule has 0 aromatic heterocycles. The first kappa shape index (κ1) is 9.43. The Morgan fingerprint density at radius 1 is 1.60 bits per heavy atom. The number of aliphatic hydroxyl groups is 1. The lowest BCUT2D eigenvalue weighted by Crippen LogP contribution is -2.17. The minimum absolute atomic E-state index is 0.353. The molecule has 2 atom stereocenters. The Morgan fingerprint density at radius 3 is 2.20 bits per heavy atom. The highest BCUT2D eigenvalue weighted by Gasteiger charge is 2.16. The lowest BCUT2D eigenvalue weighted by molar-refractivity contribution is -0.142. The van der Waals surface area contributed by atoms with Crippen LogP contribution in [0, 0.1) is 5.92 Å². The van der Waals surface area contributed by atoms with Gasteiger partial charge in [-0.25, -0.2) is 0 Å². The smallest absolute Gasteiger partial charge is 0.306 e. The Morgan fingerprint density at radius 2 is 2.10 bits per heavy atom. The lowest BCUT2D eigenvalue weighted by Gasteiger charge is -2.10. The molecule has 0 rings (SSSR count). The molecule has 0 saturated carbocycles. The molecule has 60 valence electrons. The first-order valence-corrected chi connectivity index (χ1v) is 3.48. The van der Waals surface area contributed by atoms with Gasteiger partial charge in [-0.15, -0.1) is 0 Å². The Bertz CT molecular complexity index is 109. The minimum Gasteiger partial charge on any atom is -0.481 e. The van der Waals surface area contributed by atoms with Crippen LogP contribution in [0.15, 0.2) is 0 Å². The zero-order chi connectivity index (χ0) is 8.15. The van der Waals surface area contributed by atoms with E-state index in [0.29, 0.717) is 12.8 Å². The molecule has 2 N–H and O–H groups in total. The van der Waals surface area contributed by atoms with E-state index in [9.17, 15) is 4.79 Å². The zero-order valence-corrected chi connectivity index (χ0v) is 6.37. The maximum Gasteiger partial charge on any atom is 0.306 e. The standard InChI is InChI=1S/C7H14O3/c1-3-6(7(9)10)4-5(2)8/h5-6,8H,3-4H2,1-2H3,(H,9,10). The number of hydrogen-bond donors (Lipinski definition) is 2. The van der Waals surface area contributed by atoms with Crippen LogP contribution in [-0.2, 0) is 4.79 Å². The van der Waals surface area contributed by atoms with Gasteiger partial charge >= 0.3 is 5.97 Å². The number of hydrogen-bond acceptors (Lipinski definition) is 2. The number of carboxylic acid groups (broad SMARTS) is 1. The molecule has 0 amide bonds. The molecule has 0 spiro atoms. The molecule has 0 aromatic carbocycles. The third-order valence-electron chi connectivity index (χ3n) is 1.47. The highest BCUT2D eigenvalue weighted by molar-refractivity contribution is 5.69. The first-order chi connectivity index (χ1) is 4.57. The van der Waals surface area contributed by atoms with Crippen LogP contribution in [-0.4, -0.2) is 22.3 Å². The summed E-state index contributed by atoms with van der Waals surface area (Å²) in [4.78, 5) is 10.4. The van der Waals surface area contributed by atoms with Crippen LogP contribution in [0.25, 0.3) is 0 Å². The maximum absolute atomic E-state index is 10.4. The molecule has 3 nitrogen and oxygen atoms in total. The normalized spacial score (nSPS) is 16.3. The molecular formula is C7H14O3. The van der Waals surface area contributed by atoms with E-state index in [1.54, 1.807) is 13.8 Å². The largest absolute Gasteiger partial charge is 0.481 e. The SMILES string of the molecule is CCC(CC(C)O)C(=O)O. The average molecular weight is 146 g/mol. The number of rotatable bonds is 4. The minimum atomic E-state index is -0.816. The molecule has 0 aromatic rings. The fourth-order valence-electron chi connectivity index (χ4n) is 0.854. The van der Waals surface area contributed by atoms with Crippen molar-refractivity contribution in [2.45, 2.75) is 32.8 Å². The topological polar surface area (TPSA) is 57.5 Å². The fraction of sp³-hybridized carbons (Fsp3) is 0.857. The van der Waals surface area contributed by atoms with Crippen molar-refractivity contribution < 1.29 is 15.0 Å². The predicted molar refractivity (Wildman–Crippen MR) is 37.7 cm³/mol. The quantitative estimate of drug-likeness (QED) is 0.618. The maximum atomic E-state index is 10.4. The molecule has 0 saturated heterocycles. The molecule has 2 unspecified atom stereocenters. The highest BCUT2D eigenvalue weighted by Crippen LogP contribution is 2.10. The second-order valence-corrected chi connectivity index (χ2v) is 2.53. The van der Waals surface area contributed by atoms with E-state index in [1.165, 1.54) is 0 Å². The van der Waals surface area contributed by atoms with Gasteiger partial charge in [0.15, 0.2) is 0 Å². The van der Waals surface area contributed by atoms with Crippen LogP contribution in [0.2, 0.25) is 0 Å². The Hall–Kier alpha value is -0.570. The van der Waals surface area contributed by atoms with Gasteiger partial charge < -0.3 is 10.2 Å². The second-order valence-electron chi connectivity index (χ2n) is 2.53. The highest BCUT2D eigenvalue weighted by atomic mass is 16.4. The van der Waals surface area contributed by atoms with Crippen LogP contribution >= 0.6 is 0 Å². The lowest BCUT2D eigenvalue weighted by atomic mass is 10.00. The van der Waals surface area contributed by atoms with Gasteiger partial charge in [-0.05, 0) is 19.8 Å². The van der Waals surface area contributed by atoms with E-state index >= 15 is 0 Å². The summed E-state index contributed by atoms with van der Waals surface area (Å²) in [5.74, 6) is -1.21. The monoisotopic (exact) mass is 146 g/mol. The predicted octanol–water partition coefficient (Wildman–Crippen LogP) is 0.868. The molecule has 0 aliphatic rings. The Balaban J connectivity index is 3.72. The molecule has 0 heterocycles. The molecule has 0 fully saturated rings. The summed E-state index contributed by atoms with van der Waals surface area (Å²) in [6.45, 7) is 3.41. The number of aliphatic hydroxyl groups excluding tert-OH is 1. The molecular weight excluding hydrogens is 132 g/mol. The number of aliphatic carboxylic acids is 1. The van der Waals surface area contributed by atoms with Crippen molar-refractivity contribution in [2.24, 2.45) is 5.92 Å². The third kappa shape index (κ3) is 3.45. The van der Waals surface area contributed by atoms with Crippen LogP contribution in [0.5, 0.6) is 0 Å². The van der Waals surface area contributed by atoms with Crippen molar-refractivity contribution in [3.8, 4) is 0 Å². The van der Waals surface area contributed by atoms with Gasteiger partial charge in [0.1, 0.15) is 0 Å². The van der Waals surface area contributed by atoms with Crippen molar-refractivity contribution in [1.29, 1.82) is 0 Å². The third-order valence-corrected chi connectivity index (χ3v) is 1.47. The van der Waals surface area contributed by atoms with Gasteiger partial charge in [-0.1, -0.05) is 6.92 Å². The van der Waals surface area contributed by atoms with Gasteiger partial charge in [0.05, 0.1) is 12.0 Å². The number of carboxylic acids is 1. The first-order valence-electron chi connectivity index (χ1n) is 3.48. The zero-order valence-electron chi connectivity index (χ0n) is 6.37. The summed E-state index contributed by atoms with van der Waals surface area (Å²) < 4.78 is 0. The van der Waals surface area contributed by atoms with Gasteiger partial charge in [0.25, 0.3) is 0 Å². The molecule has 0 aliphatic heterocycles. The van der Waals surface area contributed by atoms with Crippen molar-refractivity contribution in [2.75, 3.05) is 0 Å². The van der Waals surface area contributed by atoms with Gasteiger partial charge in [-0.3, -0.25) is 4.79 Å². The van der Waals surface area contributed by atoms with Gasteiger partial charge in [0, 0.05) is 0 Å². The van der Waals surface area contributed by atoms with Crippen molar-refractivity contribution in [3.05, 3.63) is 0 Å².